The van der Waals surface area contributed by atoms with Crippen molar-refractivity contribution in [2.45, 2.75) is 17.9 Å². The Morgan fingerprint density at radius 3 is 2.03 bits per heavy atom. The van der Waals surface area contributed by atoms with Gasteiger partial charge in [-0.2, -0.15) is 5.26 Å². The molecular weight excluding hydrogens is 478 g/mol. The van der Waals surface area contributed by atoms with E-state index in [9.17, 15) is 0 Å². The van der Waals surface area contributed by atoms with Crippen molar-refractivity contribution in [2.24, 2.45) is 0 Å². The minimum atomic E-state index is -0.477. The summed E-state index contributed by atoms with van der Waals surface area (Å²) in [4.78, 5) is 0. The molecule has 0 saturated carbocycles. The molecule has 0 amide bonds. The molecule has 3 heteroatoms. The zero-order valence-electron chi connectivity index (χ0n) is 21.1. The van der Waals surface area contributed by atoms with Gasteiger partial charge in [-0.05, 0) is 58.7 Å². The molecule has 5 aromatic rings. The molecular formula is C36H23NO2. The van der Waals surface area contributed by atoms with Gasteiger partial charge in [0.15, 0.2) is 0 Å². The predicted molar refractivity (Wildman–Crippen MR) is 151 cm³/mol. The summed E-state index contributed by atoms with van der Waals surface area (Å²) >= 11 is 0. The van der Waals surface area contributed by atoms with E-state index in [1.807, 2.05) is 30.3 Å². The highest BCUT2D eigenvalue weighted by molar-refractivity contribution is 5.88. The lowest BCUT2D eigenvalue weighted by Crippen LogP contribution is -2.32. The van der Waals surface area contributed by atoms with Crippen LogP contribution in [0.4, 0.5) is 0 Å². The monoisotopic (exact) mass is 501 g/mol. The largest absolute Gasteiger partial charge is 0.485 e. The first-order valence-corrected chi connectivity index (χ1v) is 13.3. The van der Waals surface area contributed by atoms with Gasteiger partial charge in [0.05, 0.1) is 17.0 Å². The molecule has 2 aliphatic heterocycles. The number of nitriles is 1. The first-order valence-electron chi connectivity index (χ1n) is 13.3. The van der Waals surface area contributed by atoms with Gasteiger partial charge in [0.2, 0.25) is 0 Å². The SMILES string of the molecule is N#Cc1ccc(C2=CCC(c3cccc4c3Oc3ccccc3C43c4ccccc4-c4ccccc43)O2)cc1. The van der Waals surface area contributed by atoms with E-state index in [-0.39, 0.29) is 6.10 Å². The van der Waals surface area contributed by atoms with E-state index >= 15 is 0 Å². The lowest BCUT2D eigenvalue weighted by atomic mass is 9.65. The summed E-state index contributed by atoms with van der Waals surface area (Å²) in [5.74, 6) is 2.59. The summed E-state index contributed by atoms with van der Waals surface area (Å²) in [6.07, 6.45) is 2.72. The zero-order chi connectivity index (χ0) is 26.0. The van der Waals surface area contributed by atoms with Crippen molar-refractivity contribution in [2.75, 3.05) is 0 Å². The number of para-hydroxylation sites is 2. The van der Waals surface area contributed by atoms with Crippen molar-refractivity contribution in [3.63, 3.8) is 0 Å². The molecule has 0 aromatic heterocycles. The van der Waals surface area contributed by atoms with Crippen molar-refractivity contribution in [3.05, 3.63) is 160 Å². The fraction of sp³-hybridized carbons (Fsp3) is 0.0833. The average Bonchev–Trinajstić information content (AvgIpc) is 3.60. The summed E-state index contributed by atoms with van der Waals surface area (Å²) < 4.78 is 13.3. The lowest BCUT2D eigenvalue weighted by Gasteiger charge is -2.40. The summed E-state index contributed by atoms with van der Waals surface area (Å²) in [5.41, 5.74) is 9.59. The van der Waals surface area contributed by atoms with E-state index in [4.69, 9.17) is 14.7 Å². The van der Waals surface area contributed by atoms with Crippen LogP contribution in [0, 0.1) is 11.3 Å². The molecule has 0 radical (unpaired) electrons. The van der Waals surface area contributed by atoms with Gasteiger partial charge in [-0.1, -0.05) is 84.9 Å². The van der Waals surface area contributed by atoms with E-state index in [1.165, 1.54) is 22.3 Å². The van der Waals surface area contributed by atoms with Crippen LogP contribution in [0.5, 0.6) is 11.5 Å². The van der Waals surface area contributed by atoms with Crippen LogP contribution in [0.15, 0.2) is 121 Å². The molecule has 8 rings (SSSR count). The van der Waals surface area contributed by atoms with Crippen molar-refractivity contribution >= 4 is 5.76 Å². The topological polar surface area (TPSA) is 42.2 Å². The summed E-state index contributed by atoms with van der Waals surface area (Å²) in [6.45, 7) is 0. The number of rotatable bonds is 2. The van der Waals surface area contributed by atoms with Gasteiger partial charge in [-0.25, -0.2) is 0 Å². The van der Waals surface area contributed by atoms with Gasteiger partial charge in [0.25, 0.3) is 0 Å². The molecule has 1 unspecified atom stereocenters. The van der Waals surface area contributed by atoms with Crippen LogP contribution in [0.3, 0.4) is 0 Å². The van der Waals surface area contributed by atoms with Gasteiger partial charge in [0, 0.05) is 28.7 Å². The zero-order valence-corrected chi connectivity index (χ0v) is 21.1. The highest BCUT2D eigenvalue weighted by atomic mass is 16.5. The number of benzene rings is 5. The maximum atomic E-state index is 9.17. The third kappa shape index (κ3) is 2.97. The number of fused-ring (bicyclic) bond motifs is 9. The summed E-state index contributed by atoms with van der Waals surface area (Å²) in [5, 5.41) is 9.17. The molecule has 3 nitrogen and oxygen atoms in total. The van der Waals surface area contributed by atoms with Gasteiger partial charge in [0.1, 0.15) is 23.4 Å². The Hall–Kier alpha value is -5.07. The average molecular weight is 502 g/mol. The molecule has 1 spiro atoms. The molecule has 0 N–H and O–H groups in total. The van der Waals surface area contributed by atoms with E-state index in [2.05, 4.69) is 97.1 Å². The maximum absolute atomic E-state index is 9.17. The number of hydrogen-bond donors (Lipinski definition) is 0. The van der Waals surface area contributed by atoms with E-state index < -0.39 is 5.41 Å². The second-order valence-corrected chi connectivity index (χ2v) is 10.3. The van der Waals surface area contributed by atoms with Crippen LogP contribution >= 0.6 is 0 Å². The van der Waals surface area contributed by atoms with Crippen LogP contribution in [-0.4, -0.2) is 0 Å². The predicted octanol–water partition coefficient (Wildman–Crippen LogP) is 8.53. The normalized spacial score (nSPS) is 17.1. The molecule has 184 valence electrons. The van der Waals surface area contributed by atoms with Gasteiger partial charge >= 0.3 is 0 Å². The van der Waals surface area contributed by atoms with Crippen LogP contribution in [0.1, 0.15) is 51.5 Å². The fourth-order valence-electron chi connectivity index (χ4n) is 6.70. The lowest BCUT2D eigenvalue weighted by molar-refractivity contribution is 0.190. The van der Waals surface area contributed by atoms with E-state index in [0.717, 1.165) is 45.9 Å². The van der Waals surface area contributed by atoms with Crippen molar-refractivity contribution in [3.8, 4) is 28.7 Å². The van der Waals surface area contributed by atoms with Gasteiger partial charge < -0.3 is 9.47 Å². The summed E-state index contributed by atoms with van der Waals surface area (Å²) in [6, 6.07) is 42.2. The molecule has 2 heterocycles. The van der Waals surface area contributed by atoms with Crippen molar-refractivity contribution in [1.82, 2.24) is 0 Å². The smallest absolute Gasteiger partial charge is 0.139 e. The number of hydrogen-bond acceptors (Lipinski definition) is 3. The fourth-order valence-corrected chi connectivity index (χ4v) is 6.70. The Labute approximate surface area is 227 Å². The molecule has 3 aliphatic rings. The van der Waals surface area contributed by atoms with Crippen LogP contribution < -0.4 is 4.74 Å². The third-order valence-corrected chi connectivity index (χ3v) is 8.34. The first-order chi connectivity index (χ1) is 19.3. The maximum Gasteiger partial charge on any atom is 0.139 e. The Kier molecular flexibility index (Phi) is 4.63. The van der Waals surface area contributed by atoms with Crippen molar-refractivity contribution in [1.29, 1.82) is 5.26 Å². The van der Waals surface area contributed by atoms with Gasteiger partial charge in [-0.15, -0.1) is 0 Å². The second kappa shape index (κ2) is 8.21. The molecule has 0 bridgehead atoms. The minimum Gasteiger partial charge on any atom is -0.485 e. The molecule has 39 heavy (non-hydrogen) atoms. The molecule has 1 atom stereocenters. The third-order valence-electron chi connectivity index (χ3n) is 8.34. The number of nitrogens with zero attached hydrogens (tertiary/aromatic N) is 1. The Balaban J connectivity index is 1.31. The highest BCUT2D eigenvalue weighted by Crippen LogP contribution is 2.63. The Morgan fingerprint density at radius 1 is 0.667 bits per heavy atom. The van der Waals surface area contributed by atoms with Crippen molar-refractivity contribution < 1.29 is 9.47 Å². The minimum absolute atomic E-state index is 0.167. The summed E-state index contributed by atoms with van der Waals surface area (Å²) in [7, 11) is 0. The first kappa shape index (κ1) is 22.0. The Bertz CT molecular complexity index is 1810. The second-order valence-electron chi connectivity index (χ2n) is 10.3. The molecule has 0 saturated heterocycles. The van der Waals surface area contributed by atoms with E-state index in [1.54, 1.807) is 0 Å². The van der Waals surface area contributed by atoms with E-state index in [0.29, 0.717) is 5.56 Å². The molecule has 5 aromatic carbocycles. The highest BCUT2D eigenvalue weighted by Gasteiger charge is 2.51. The van der Waals surface area contributed by atoms with Crippen LogP contribution in [0.25, 0.3) is 16.9 Å². The molecule has 1 aliphatic carbocycles. The standard InChI is InChI=1S/C36H23NO2/c37-22-23-16-18-24(19-17-23)32-20-21-33(38-32)27-10-7-14-31-35(27)39-34-15-6-5-13-30(34)36(31)28-11-3-1-8-25(28)26-9-2-4-12-29(26)36/h1-20,33H,21H2. The molecule has 0 fully saturated rings. The number of ether oxygens (including phenoxy) is 2. The quantitative estimate of drug-likeness (QED) is 0.238. The van der Waals surface area contributed by atoms with Crippen LogP contribution in [-0.2, 0) is 10.2 Å². The van der Waals surface area contributed by atoms with Crippen LogP contribution in [0.2, 0.25) is 0 Å². The van der Waals surface area contributed by atoms with Gasteiger partial charge in [-0.3, -0.25) is 0 Å². The Morgan fingerprint density at radius 2 is 1.31 bits per heavy atom.